The first-order chi connectivity index (χ1) is 9.95. The fraction of sp³-hybridized carbons (Fsp3) is 0.188. The van der Waals surface area contributed by atoms with Crippen molar-refractivity contribution in [2.24, 2.45) is 0 Å². The summed E-state index contributed by atoms with van der Waals surface area (Å²) in [6, 6.07) is 6.22. The Morgan fingerprint density at radius 2 is 1.76 bits per heavy atom. The predicted octanol–water partition coefficient (Wildman–Crippen LogP) is 3.66. The zero-order chi connectivity index (χ0) is 15.1. The van der Waals surface area contributed by atoms with Gasteiger partial charge in [-0.1, -0.05) is 0 Å². The zero-order valence-corrected chi connectivity index (χ0v) is 11.1. The lowest BCUT2D eigenvalue weighted by atomic mass is 9.99. The van der Waals surface area contributed by atoms with Crippen LogP contribution in [0.2, 0.25) is 0 Å². The first kappa shape index (κ1) is 13.7. The van der Waals surface area contributed by atoms with Crippen LogP contribution in [0.25, 0.3) is 0 Å². The van der Waals surface area contributed by atoms with E-state index in [0.29, 0.717) is 24.3 Å². The van der Waals surface area contributed by atoms with Crippen molar-refractivity contribution in [1.29, 1.82) is 0 Å². The number of carbonyl (C=O) groups excluding carboxylic acids is 1. The van der Waals surface area contributed by atoms with Crippen molar-refractivity contribution in [3.8, 4) is 5.75 Å². The molecule has 2 nitrogen and oxygen atoms in total. The lowest BCUT2D eigenvalue weighted by molar-refractivity contribution is 0.103. The Kier molecular flexibility index (Phi) is 3.20. The lowest BCUT2D eigenvalue weighted by Gasteiger charge is -2.05. The molecule has 1 heterocycles. The van der Waals surface area contributed by atoms with E-state index in [-0.39, 0.29) is 17.2 Å². The maximum atomic E-state index is 13.2. The minimum Gasteiger partial charge on any atom is -0.490 e. The number of ketones is 1. The molecule has 0 aliphatic carbocycles. The van der Waals surface area contributed by atoms with E-state index in [9.17, 15) is 18.0 Å². The average Bonchev–Trinajstić information content (AvgIpc) is 2.82. The Morgan fingerprint density at radius 1 is 1.10 bits per heavy atom. The van der Waals surface area contributed by atoms with E-state index < -0.39 is 23.2 Å². The first-order valence-corrected chi connectivity index (χ1v) is 6.44. The fourth-order valence-electron chi connectivity index (χ4n) is 2.42. The van der Waals surface area contributed by atoms with Gasteiger partial charge in [-0.3, -0.25) is 4.79 Å². The largest absolute Gasteiger partial charge is 0.490 e. The van der Waals surface area contributed by atoms with Crippen molar-refractivity contribution >= 4 is 5.78 Å². The molecule has 5 heteroatoms. The summed E-state index contributed by atoms with van der Waals surface area (Å²) in [4.78, 5) is 12.2. The van der Waals surface area contributed by atoms with Crippen molar-refractivity contribution in [2.45, 2.75) is 19.4 Å². The van der Waals surface area contributed by atoms with Crippen LogP contribution >= 0.6 is 0 Å². The van der Waals surface area contributed by atoms with Crippen LogP contribution < -0.4 is 4.74 Å². The van der Waals surface area contributed by atoms with Gasteiger partial charge in [0.25, 0.3) is 0 Å². The average molecular weight is 292 g/mol. The molecule has 0 saturated heterocycles. The van der Waals surface area contributed by atoms with Crippen LogP contribution in [-0.4, -0.2) is 11.9 Å². The number of fused-ring (bicyclic) bond motifs is 1. The predicted molar refractivity (Wildman–Crippen MR) is 70.0 cm³/mol. The van der Waals surface area contributed by atoms with E-state index in [1.807, 2.05) is 6.92 Å². The van der Waals surface area contributed by atoms with Gasteiger partial charge >= 0.3 is 0 Å². The Balaban J connectivity index is 1.98. The summed E-state index contributed by atoms with van der Waals surface area (Å²) in [7, 11) is 0. The smallest absolute Gasteiger partial charge is 0.194 e. The fourth-order valence-corrected chi connectivity index (χ4v) is 2.42. The van der Waals surface area contributed by atoms with Crippen molar-refractivity contribution in [3.63, 3.8) is 0 Å². The molecule has 3 rings (SSSR count). The molecule has 1 aliphatic heterocycles. The second kappa shape index (κ2) is 4.91. The van der Waals surface area contributed by atoms with Crippen molar-refractivity contribution < 1.29 is 22.7 Å². The van der Waals surface area contributed by atoms with Gasteiger partial charge in [0.15, 0.2) is 23.2 Å². The minimum atomic E-state index is -1.58. The quantitative estimate of drug-likeness (QED) is 0.624. The van der Waals surface area contributed by atoms with Crippen molar-refractivity contribution in [2.75, 3.05) is 0 Å². The highest BCUT2D eigenvalue weighted by Crippen LogP contribution is 2.30. The van der Waals surface area contributed by atoms with Gasteiger partial charge < -0.3 is 4.74 Å². The number of ether oxygens (including phenoxy) is 1. The molecule has 0 radical (unpaired) electrons. The van der Waals surface area contributed by atoms with Crippen molar-refractivity contribution in [1.82, 2.24) is 0 Å². The van der Waals surface area contributed by atoms with Gasteiger partial charge in [0, 0.05) is 17.5 Å². The van der Waals surface area contributed by atoms with E-state index in [4.69, 9.17) is 4.74 Å². The zero-order valence-electron chi connectivity index (χ0n) is 11.1. The van der Waals surface area contributed by atoms with Gasteiger partial charge in [-0.05, 0) is 42.8 Å². The van der Waals surface area contributed by atoms with Crippen LogP contribution in [0.1, 0.15) is 28.4 Å². The Morgan fingerprint density at radius 3 is 2.43 bits per heavy atom. The molecule has 0 spiro atoms. The molecule has 0 fully saturated rings. The summed E-state index contributed by atoms with van der Waals surface area (Å²) in [5.74, 6) is -4.19. The molecule has 0 bridgehead atoms. The Hall–Kier alpha value is -2.30. The number of halogens is 3. The third kappa shape index (κ3) is 2.39. The van der Waals surface area contributed by atoms with Gasteiger partial charge in [0.1, 0.15) is 11.9 Å². The maximum Gasteiger partial charge on any atom is 0.194 e. The van der Waals surface area contributed by atoms with Crippen LogP contribution in [0.4, 0.5) is 13.2 Å². The van der Waals surface area contributed by atoms with E-state index in [0.717, 1.165) is 5.56 Å². The number of carbonyl (C=O) groups is 1. The summed E-state index contributed by atoms with van der Waals surface area (Å²) < 4.78 is 44.8. The highest BCUT2D eigenvalue weighted by molar-refractivity contribution is 6.09. The van der Waals surface area contributed by atoms with Crippen LogP contribution in [0.15, 0.2) is 30.3 Å². The second-order valence-corrected chi connectivity index (χ2v) is 5.04. The van der Waals surface area contributed by atoms with Gasteiger partial charge in [0.2, 0.25) is 0 Å². The normalized spacial score (nSPS) is 16.5. The molecule has 1 unspecified atom stereocenters. The monoisotopic (exact) mass is 292 g/mol. The van der Waals surface area contributed by atoms with Crippen LogP contribution in [0.3, 0.4) is 0 Å². The summed E-state index contributed by atoms with van der Waals surface area (Å²) in [5, 5.41) is 0. The van der Waals surface area contributed by atoms with E-state index >= 15 is 0 Å². The number of benzene rings is 2. The molecule has 0 amide bonds. The highest BCUT2D eigenvalue weighted by atomic mass is 19.2. The maximum absolute atomic E-state index is 13.2. The highest BCUT2D eigenvalue weighted by Gasteiger charge is 2.22. The Labute approximate surface area is 119 Å². The van der Waals surface area contributed by atoms with Crippen LogP contribution in [-0.2, 0) is 6.42 Å². The third-order valence-electron chi connectivity index (χ3n) is 3.40. The topological polar surface area (TPSA) is 26.3 Å². The van der Waals surface area contributed by atoms with Gasteiger partial charge in [-0.15, -0.1) is 0 Å². The molecule has 1 atom stereocenters. The van der Waals surface area contributed by atoms with E-state index in [1.54, 1.807) is 12.1 Å². The van der Waals surface area contributed by atoms with E-state index in [1.165, 1.54) is 6.07 Å². The third-order valence-corrected chi connectivity index (χ3v) is 3.40. The standard InChI is InChI=1S/C16H11F3O2/c1-8-4-10-5-9(2-3-14(10)21-8)16(20)11-6-12(17)15(19)13(18)7-11/h2-3,5-8H,4H2,1H3. The van der Waals surface area contributed by atoms with Crippen LogP contribution in [0, 0.1) is 17.5 Å². The summed E-state index contributed by atoms with van der Waals surface area (Å²) in [6.45, 7) is 1.91. The lowest BCUT2D eigenvalue weighted by Crippen LogP contribution is -2.05. The summed E-state index contributed by atoms with van der Waals surface area (Å²) >= 11 is 0. The summed E-state index contributed by atoms with van der Waals surface area (Å²) in [6.07, 6.45) is 0.703. The molecule has 1 aliphatic rings. The SMILES string of the molecule is CC1Cc2cc(C(=O)c3cc(F)c(F)c(F)c3)ccc2O1. The molecule has 0 N–H and O–H groups in total. The van der Waals surface area contributed by atoms with Gasteiger partial charge in [0.05, 0.1) is 0 Å². The molecule has 2 aromatic rings. The molecule has 108 valence electrons. The molecule has 21 heavy (non-hydrogen) atoms. The minimum absolute atomic E-state index is 0.0334. The number of rotatable bonds is 2. The molecular weight excluding hydrogens is 281 g/mol. The van der Waals surface area contributed by atoms with Gasteiger partial charge in [-0.25, -0.2) is 13.2 Å². The number of hydrogen-bond acceptors (Lipinski definition) is 2. The Bertz CT molecular complexity index is 717. The molecular formula is C16H11F3O2. The van der Waals surface area contributed by atoms with Crippen LogP contribution in [0.5, 0.6) is 5.75 Å². The van der Waals surface area contributed by atoms with E-state index in [2.05, 4.69) is 0 Å². The first-order valence-electron chi connectivity index (χ1n) is 6.44. The van der Waals surface area contributed by atoms with Gasteiger partial charge in [-0.2, -0.15) is 0 Å². The summed E-state index contributed by atoms with van der Waals surface area (Å²) in [5.41, 5.74) is 0.937. The second-order valence-electron chi connectivity index (χ2n) is 5.04. The molecule has 0 saturated carbocycles. The van der Waals surface area contributed by atoms with Crippen molar-refractivity contribution in [3.05, 3.63) is 64.5 Å². The molecule has 0 aromatic heterocycles. The molecule has 2 aromatic carbocycles. The number of hydrogen-bond donors (Lipinski definition) is 0.